The second-order valence-corrected chi connectivity index (χ2v) is 7.21. The molecule has 0 bridgehead atoms. The lowest BCUT2D eigenvalue weighted by Crippen LogP contribution is -2.47. The van der Waals surface area contributed by atoms with Crippen LogP contribution in [-0.4, -0.2) is 25.3 Å². The van der Waals surface area contributed by atoms with Crippen molar-refractivity contribution >= 4 is 21.8 Å². The first-order valence-corrected chi connectivity index (χ1v) is 8.90. The quantitative estimate of drug-likeness (QED) is 0.849. The minimum atomic E-state index is -3.39. The molecule has 1 fully saturated rings. The third-order valence-corrected chi connectivity index (χ3v) is 5.66. The molecule has 1 aromatic carbocycles. The van der Waals surface area contributed by atoms with E-state index < -0.39 is 10.2 Å². The molecule has 0 aromatic heterocycles. The van der Waals surface area contributed by atoms with Crippen molar-refractivity contribution in [3.8, 4) is 0 Å². The van der Waals surface area contributed by atoms with Gasteiger partial charge < -0.3 is 0 Å². The highest BCUT2D eigenvalue weighted by Crippen LogP contribution is 2.19. The first-order valence-electron chi connectivity index (χ1n) is 6.93. The third kappa shape index (κ3) is 3.95. The van der Waals surface area contributed by atoms with Gasteiger partial charge in [-0.05, 0) is 30.9 Å². The molecular formula is C14H21ClN2O2S. The first kappa shape index (κ1) is 15.8. The van der Waals surface area contributed by atoms with Crippen molar-refractivity contribution in [2.24, 2.45) is 0 Å². The molecule has 0 radical (unpaired) electrons. The Hall–Kier alpha value is -0.620. The molecule has 4 nitrogen and oxygen atoms in total. The zero-order chi connectivity index (χ0) is 14.6. The van der Waals surface area contributed by atoms with Gasteiger partial charge in [0.15, 0.2) is 0 Å². The molecule has 0 spiro atoms. The van der Waals surface area contributed by atoms with Crippen LogP contribution in [0.4, 0.5) is 0 Å². The molecule has 6 heteroatoms. The van der Waals surface area contributed by atoms with E-state index in [1.165, 1.54) is 0 Å². The number of nitrogens with one attached hydrogen (secondary N) is 1. The van der Waals surface area contributed by atoms with Crippen LogP contribution >= 0.6 is 11.6 Å². The zero-order valence-corrected chi connectivity index (χ0v) is 13.3. The summed E-state index contributed by atoms with van der Waals surface area (Å²) >= 11 is 5.73. The minimum absolute atomic E-state index is 0.0832. The van der Waals surface area contributed by atoms with Gasteiger partial charge in [0.2, 0.25) is 0 Å². The highest BCUT2D eigenvalue weighted by molar-refractivity contribution is 7.87. The predicted molar refractivity (Wildman–Crippen MR) is 81.8 cm³/mol. The van der Waals surface area contributed by atoms with Crippen LogP contribution in [0.5, 0.6) is 0 Å². The van der Waals surface area contributed by atoms with Crippen molar-refractivity contribution in [1.29, 1.82) is 0 Å². The number of nitrogens with zero attached hydrogens (tertiary/aromatic N) is 1. The Morgan fingerprint density at radius 2 is 1.90 bits per heavy atom. The Labute approximate surface area is 126 Å². The van der Waals surface area contributed by atoms with Crippen molar-refractivity contribution in [2.45, 2.75) is 44.7 Å². The number of alkyl halides is 1. The summed E-state index contributed by atoms with van der Waals surface area (Å²) in [6.45, 7) is 2.89. The fraction of sp³-hybridized carbons (Fsp3) is 0.571. The molecule has 1 atom stereocenters. The van der Waals surface area contributed by atoms with E-state index in [9.17, 15) is 8.42 Å². The van der Waals surface area contributed by atoms with Gasteiger partial charge in [0, 0.05) is 25.0 Å². The maximum absolute atomic E-state index is 12.3. The Kier molecular flexibility index (Phi) is 5.43. The van der Waals surface area contributed by atoms with Crippen LogP contribution in [0.25, 0.3) is 0 Å². The van der Waals surface area contributed by atoms with Crippen LogP contribution in [0.1, 0.15) is 37.3 Å². The van der Waals surface area contributed by atoms with Crippen molar-refractivity contribution in [3.63, 3.8) is 0 Å². The van der Waals surface area contributed by atoms with E-state index in [-0.39, 0.29) is 6.04 Å². The van der Waals surface area contributed by atoms with Gasteiger partial charge in [0.1, 0.15) is 0 Å². The number of hydrogen-bond acceptors (Lipinski definition) is 2. The average Bonchev–Trinajstić information content (AvgIpc) is 2.46. The third-order valence-electron chi connectivity index (χ3n) is 3.69. The molecule has 0 saturated carbocycles. The molecule has 1 saturated heterocycles. The summed E-state index contributed by atoms with van der Waals surface area (Å²) in [6.07, 6.45) is 2.98. The van der Waals surface area contributed by atoms with Crippen LogP contribution in [0.15, 0.2) is 24.3 Å². The maximum atomic E-state index is 12.3. The van der Waals surface area contributed by atoms with Crippen molar-refractivity contribution < 1.29 is 8.42 Å². The highest BCUT2D eigenvalue weighted by Gasteiger charge is 2.28. The number of rotatable bonds is 5. The minimum Gasteiger partial charge on any atom is -0.198 e. The fourth-order valence-corrected chi connectivity index (χ4v) is 4.07. The zero-order valence-electron chi connectivity index (χ0n) is 11.7. The number of halogens is 1. The summed E-state index contributed by atoms with van der Waals surface area (Å²) in [7, 11) is -3.39. The van der Waals surface area contributed by atoms with E-state index in [4.69, 9.17) is 11.6 Å². The first-order chi connectivity index (χ1) is 9.53. The van der Waals surface area contributed by atoms with Gasteiger partial charge in [-0.1, -0.05) is 30.7 Å². The normalized spacial score (nSPS) is 21.0. The summed E-state index contributed by atoms with van der Waals surface area (Å²) in [6, 6.07) is 7.72. The van der Waals surface area contributed by atoms with Gasteiger partial charge in [0.05, 0.1) is 0 Å². The molecule has 1 aromatic rings. The molecule has 0 amide bonds. The molecule has 1 aliphatic heterocycles. The summed E-state index contributed by atoms with van der Waals surface area (Å²) in [5, 5.41) is 0. The molecule has 1 unspecified atom stereocenters. The highest BCUT2D eigenvalue weighted by atomic mass is 35.5. The maximum Gasteiger partial charge on any atom is 0.279 e. The van der Waals surface area contributed by atoms with Crippen LogP contribution in [0.2, 0.25) is 0 Å². The average molecular weight is 317 g/mol. The van der Waals surface area contributed by atoms with Crippen molar-refractivity contribution in [1.82, 2.24) is 9.03 Å². The standard InChI is InChI=1S/C14H21ClN2O2S/c1-12-4-2-3-9-17(12)20(18,19)16-11-14-7-5-13(10-15)6-8-14/h5-8,12,16H,2-4,9-11H2,1H3. The van der Waals surface area contributed by atoms with Gasteiger partial charge in [-0.15, -0.1) is 11.6 Å². The number of piperidine rings is 1. The van der Waals surface area contributed by atoms with E-state index >= 15 is 0 Å². The monoisotopic (exact) mass is 316 g/mol. The van der Waals surface area contributed by atoms with Gasteiger partial charge >= 0.3 is 0 Å². The van der Waals surface area contributed by atoms with Crippen LogP contribution in [0.3, 0.4) is 0 Å². The number of hydrogen-bond donors (Lipinski definition) is 1. The van der Waals surface area contributed by atoms with Crippen LogP contribution < -0.4 is 4.72 Å². The van der Waals surface area contributed by atoms with Gasteiger partial charge in [-0.3, -0.25) is 0 Å². The van der Waals surface area contributed by atoms with Crippen molar-refractivity contribution in [2.75, 3.05) is 6.54 Å². The SMILES string of the molecule is CC1CCCCN1S(=O)(=O)NCc1ccc(CCl)cc1. The second kappa shape index (κ2) is 6.89. The van der Waals surface area contributed by atoms with E-state index in [0.29, 0.717) is 19.0 Å². The lowest BCUT2D eigenvalue weighted by atomic mass is 10.1. The largest absolute Gasteiger partial charge is 0.279 e. The van der Waals surface area contributed by atoms with Crippen LogP contribution in [-0.2, 0) is 22.6 Å². The second-order valence-electron chi connectivity index (χ2n) is 5.23. The van der Waals surface area contributed by atoms with E-state index in [1.54, 1.807) is 4.31 Å². The molecule has 1 aliphatic rings. The molecule has 1 N–H and O–H groups in total. The topological polar surface area (TPSA) is 49.4 Å². The van der Waals surface area contributed by atoms with E-state index in [1.807, 2.05) is 31.2 Å². The summed E-state index contributed by atoms with van der Waals surface area (Å²) in [4.78, 5) is 0. The Morgan fingerprint density at radius 3 is 2.50 bits per heavy atom. The smallest absolute Gasteiger partial charge is 0.198 e. The molecule has 20 heavy (non-hydrogen) atoms. The Balaban J connectivity index is 1.97. The molecule has 1 heterocycles. The lowest BCUT2D eigenvalue weighted by Gasteiger charge is -2.32. The van der Waals surface area contributed by atoms with E-state index in [0.717, 1.165) is 30.4 Å². The molecule has 2 rings (SSSR count). The van der Waals surface area contributed by atoms with E-state index in [2.05, 4.69) is 4.72 Å². The lowest BCUT2D eigenvalue weighted by molar-refractivity contribution is 0.265. The Bertz CT molecular complexity index is 531. The van der Waals surface area contributed by atoms with Crippen LogP contribution in [0, 0.1) is 0 Å². The van der Waals surface area contributed by atoms with Gasteiger partial charge in [0.25, 0.3) is 10.2 Å². The summed E-state index contributed by atoms with van der Waals surface area (Å²) in [5.41, 5.74) is 1.97. The fourth-order valence-electron chi connectivity index (χ4n) is 2.43. The molecule has 112 valence electrons. The summed E-state index contributed by atoms with van der Waals surface area (Å²) < 4.78 is 28.8. The van der Waals surface area contributed by atoms with Gasteiger partial charge in [-0.25, -0.2) is 0 Å². The van der Waals surface area contributed by atoms with Gasteiger partial charge in [-0.2, -0.15) is 17.4 Å². The van der Waals surface area contributed by atoms with Crippen molar-refractivity contribution in [3.05, 3.63) is 35.4 Å². The molecule has 0 aliphatic carbocycles. The molecular weight excluding hydrogens is 296 g/mol. The predicted octanol–water partition coefficient (Wildman–Crippen LogP) is 2.63. The number of benzene rings is 1. The summed E-state index contributed by atoms with van der Waals surface area (Å²) in [5.74, 6) is 0.470. The Morgan fingerprint density at radius 1 is 1.25 bits per heavy atom.